The third-order valence-corrected chi connectivity index (χ3v) is 6.13. The van der Waals surface area contributed by atoms with Crippen LogP contribution in [-0.2, 0) is 23.4 Å². The summed E-state index contributed by atoms with van der Waals surface area (Å²) < 4.78 is 13.2. The molecule has 0 saturated carbocycles. The molecule has 0 spiro atoms. The van der Waals surface area contributed by atoms with Gasteiger partial charge in [0.25, 0.3) is 11.8 Å². The molecular formula is C22H20FN5O3S. The second-order valence-electron chi connectivity index (χ2n) is 7.62. The standard InChI is InChI=1S/C22H20FN5O3S/c1-13-3-5-14(6-4-13)11-24-18(29)19-27-26-17(32-19)12-28-20(30)22(2,25-21(28)31)15-7-9-16(23)10-8-15/h3-10H,11-12H2,1-2H3,(H,24,29)(H,25,31)/t22-/m0/s1. The number of halogens is 1. The Morgan fingerprint density at radius 2 is 1.81 bits per heavy atom. The summed E-state index contributed by atoms with van der Waals surface area (Å²) in [4.78, 5) is 38.8. The highest BCUT2D eigenvalue weighted by Gasteiger charge is 2.49. The number of carbonyl (C=O) groups excluding carboxylic acids is 3. The van der Waals surface area contributed by atoms with E-state index in [9.17, 15) is 18.8 Å². The smallest absolute Gasteiger partial charge is 0.325 e. The lowest BCUT2D eigenvalue weighted by molar-refractivity contribution is -0.131. The molecule has 1 aliphatic heterocycles. The molecule has 164 valence electrons. The molecule has 1 atom stereocenters. The van der Waals surface area contributed by atoms with Crippen LogP contribution in [0.4, 0.5) is 9.18 Å². The Morgan fingerprint density at radius 1 is 1.12 bits per heavy atom. The summed E-state index contributed by atoms with van der Waals surface area (Å²) in [7, 11) is 0. The Hall–Kier alpha value is -3.66. The Balaban J connectivity index is 1.42. The van der Waals surface area contributed by atoms with Gasteiger partial charge in [0.1, 0.15) is 16.4 Å². The zero-order valence-electron chi connectivity index (χ0n) is 17.4. The largest absolute Gasteiger partial charge is 0.346 e. The highest BCUT2D eigenvalue weighted by Crippen LogP contribution is 2.30. The van der Waals surface area contributed by atoms with Crippen molar-refractivity contribution in [3.05, 3.63) is 81.1 Å². The number of urea groups is 1. The van der Waals surface area contributed by atoms with E-state index in [1.807, 2.05) is 31.2 Å². The third kappa shape index (κ3) is 4.22. The molecule has 1 saturated heterocycles. The zero-order chi connectivity index (χ0) is 22.9. The highest BCUT2D eigenvalue weighted by atomic mass is 32.1. The van der Waals surface area contributed by atoms with E-state index in [-0.39, 0.29) is 17.5 Å². The molecule has 2 N–H and O–H groups in total. The number of imide groups is 1. The van der Waals surface area contributed by atoms with Crippen LogP contribution < -0.4 is 10.6 Å². The van der Waals surface area contributed by atoms with Crippen molar-refractivity contribution in [2.24, 2.45) is 0 Å². The number of aryl methyl sites for hydroxylation is 1. The van der Waals surface area contributed by atoms with Crippen molar-refractivity contribution < 1.29 is 18.8 Å². The number of carbonyl (C=O) groups is 3. The molecule has 32 heavy (non-hydrogen) atoms. The van der Waals surface area contributed by atoms with Crippen LogP contribution in [-0.4, -0.2) is 32.9 Å². The number of amides is 4. The first-order valence-corrected chi connectivity index (χ1v) is 10.6. The lowest BCUT2D eigenvalue weighted by atomic mass is 9.92. The molecule has 1 aliphatic rings. The van der Waals surface area contributed by atoms with E-state index in [0.29, 0.717) is 17.1 Å². The first-order chi connectivity index (χ1) is 15.3. The zero-order valence-corrected chi connectivity index (χ0v) is 18.2. The van der Waals surface area contributed by atoms with Crippen molar-refractivity contribution in [3.63, 3.8) is 0 Å². The van der Waals surface area contributed by atoms with Crippen LogP contribution >= 0.6 is 11.3 Å². The molecule has 3 aromatic rings. The van der Waals surface area contributed by atoms with Gasteiger partial charge in [0.2, 0.25) is 5.01 Å². The van der Waals surface area contributed by atoms with Crippen LogP contribution in [0.3, 0.4) is 0 Å². The van der Waals surface area contributed by atoms with Gasteiger partial charge in [-0.15, -0.1) is 10.2 Å². The predicted molar refractivity (Wildman–Crippen MR) is 115 cm³/mol. The molecule has 2 aromatic carbocycles. The lowest BCUT2D eigenvalue weighted by Gasteiger charge is -2.22. The highest BCUT2D eigenvalue weighted by molar-refractivity contribution is 7.13. The van der Waals surface area contributed by atoms with Gasteiger partial charge in [0.05, 0.1) is 6.54 Å². The average Bonchev–Trinajstić information content (AvgIpc) is 3.33. The molecule has 1 aromatic heterocycles. The van der Waals surface area contributed by atoms with E-state index >= 15 is 0 Å². The summed E-state index contributed by atoms with van der Waals surface area (Å²) >= 11 is 1.01. The fourth-order valence-corrected chi connectivity index (χ4v) is 4.07. The van der Waals surface area contributed by atoms with Gasteiger partial charge in [-0.05, 0) is 37.1 Å². The SMILES string of the molecule is Cc1ccc(CNC(=O)c2nnc(CN3C(=O)N[C@@](C)(c4ccc(F)cc4)C3=O)s2)cc1. The molecule has 0 aliphatic carbocycles. The van der Waals surface area contributed by atoms with Gasteiger partial charge in [-0.1, -0.05) is 53.3 Å². The number of hydrogen-bond donors (Lipinski definition) is 2. The number of hydrogen-bond acceptors (Lipinski definition) is 6. The minimum atomic E-state index is -1.32. The van der Waals surface area contributed by atoms with Gasteiger partial charge in [-0.2, -0.15) is 0 Å². The van der Waals surface area contributed by atoms with Gasteiger partial charge in [-0.25, -0.2) is 9.18 Å². The third-order valence-electron chi connectivity index (χ3n) is 5.22. The predicted octanol–water partition coefficient (Wildman–Crippen LogP) is 2.88. The Bertz CT molecular complexity index is 1180. The monoisotopic (exact) mass is 453 g/mol. The molecular weight excluding hydrogens is 433 g/mol. The molecule has 4 amide bonds. The first-order valence-electron chi connectivity index (χ1n) is 9.82. The lowest BCUT2D eigenvalue weighted by Crippen LogP contribution is -2.40. The summed E-state index contributed by atoms with van der Waals surface area (Å²) in [5.41, 5.74) is 1.23. The van der Waals surface area contributed by atoms with Gasteiger partial charge in [0, 0.05) is 6.54 Å². The number of aromatic nitrogens is 2. The first kappa shape index (κ1) is 21.6. The molecule has 0 unspecified atom stereocenters. The Morgan fingerprint density at radius 3 is 2.50 bits per heavy atom. The van der Waals surface area contributed by atoms with E-state index in [0.717, 1.165) is 27.4 Å². The van der Waals surface area contributed by atoms with Gasteiger partial charge >= 0.3 is 6.03 Å². The topological polar surface area (TPSA) is 104 Å². The second kappa shape index (κ2) is 8.46. The van der Waals surface area contributed by atoms with Crippen molar-refractivity contribution in [3.8, 4) is 0 Å². The van der Waals surface area contributed by atoms with E-state index < -0.39 is 23.3 Å². The van der Waals surface area contributed by atoms with Crippen LogP contribution in [0.2, 0.25) is 0 Å². The van der Waals surface area contributed by atoms with Crippen molar-refractivity contribution in [2.75, 3.05) is 0 Å². The van der Waals surface area contributed by atoms with Crippen molar-refractivity contribution in [1.29, 1.82) is 0 Å². The second-order valence-corrected chi connectivity index (χ2v) is 8.68. The van der Waals surface area contributed by atoms with Gasteiger partial charge in [-0.3, -0.25) is 14.5 Å². The molecule has 1 fully saturated rings. The van der Waals surface area contributed by atoms with E-state index in [1.54, 1.807) is 6.92 Å². The van der Waals surface area contributed by atoms with Crippen molar-refractivity contribution in [2.45, 2.75) is 32.5 Å². The summed E-state index contributed by atoms with van der Waals surface area (Å²) in [6.45, 7) is 3.77. The molecule has 10 heteroatoms. The van der Waals surface area contributed by atoms with Crippen LogP contribution in [0.25, 0.3) is 0 Å². The van der Waals surface area contributed by atoms with Crippen molar-refractivity contribution in [1.82, 2.24) is 25.7 Å². The number of rotatable bonds is 6. The van der Waals surface area contributed by atoms with Crippen LogP contribution in [0.5, 0.6) is 0 Å². The Kier molecular flexibility index (Phi) is 5.70. The van der Waals surface area contributed by atoms with Crippen LogP contribution in [0.1, 0.15) is 38.4 Å². The summed E-state index contributed by atoms with van der Waals surface area (Å²) in [5, 5.41) is 13.7. The Labute approximate surface area is 187 Å². The minimum absolute atomic E-state index is 0.121. The summed E-state index contributed by atoms with van der Waals surface area (Å²) in [5.74, 6) is -1.31. The van der Waals surface area contributed by atoms with E-state index in [2.05, 4.69) is 20.8 Å². The van der Waals surface area contributed by atoms with Crippen molar-refractivity contribution >= 4 is 29.2 Å². The van der Waals surface area contributed by atoms with Crippen LogP contribution in [0, 0.1) is 12.7 Å². The van der Waals surface area contributed by atoms with E-state index in [4.69, 9.17) is 0 Å². The number of nitrogens with zero attached hydrogens (tertiary/aromatic N) is 3. The maximum absolute atomic E-state index is 13.2. The molecule has 8 nitrogen and oxygen atoms in total. The van der Waals surface area contributed by atoms with E-state index in [1.165, 1.54) is 24.3 Å². The maximum atomic E-state index is 13.2. The maximum Gasteiger partial charge on any atom is 0.325 e. The normalized spacial score (nSPS) is 18.0. The van der Waals surface area contributed by atoms with Gasteiger partial charge in [0.15, 0.2) is 0 Å². The molecule has 0 bridgehead atoms. The number of nitrogens with one attached hydrogen (secondary N) is 2. The fraction of sp³-hybridized carbons (Fsp3) is 0.227. The average molecular weight is 453 g/mol. The molecule has 0 radical (unpaired) electrons. The fourth-order valence-electron chi connectivity index (χ4n) is 3.33. The number of benzene rings is 2. The van der Waals surface area contributed by atoms with Crippen LogP contribution in [0.15, 0.2) is 48.5 Å². The molecule has 2 heterocycles. The molecule has 4 rings (SSSR count). The summed E-state index contributed by atoms with van der Waals surface area (Å²) in [6, 6.07) is 12.6. The van der Waals surface area contributed by atoms with Gasteiger partial charge < -0.3 is 10.6 Å². The minimum Gasteiger partial charge on any atom is -0.346 e. The quantitative estimate of drug-likeness (QED) is 0.559. The summed E-state index contributed by atoms with van der Waals surface area (Å²) in [6.07, 6.45) is 0.